The molecule has 0 unspecified atom stereocenters. The molecule has 2 aliphatic rings. The number of hydrogen-bond donors (Lipinski definition) is 0. The maximum absolute atomic E-state index is 5.48. The Balaban J connectivity index is 1.84. The van der Waals surface area contributed by atoms with Crippen LogP contribution in [0.1, 0.15) is 6.42 Å². The van der Waals surface area contributed by atoms with Crippen molar-refractivity contribution in [2.45, 2.75) is 12.2 Å². The summed E-state index contributed by atoms with van der Waals surface area (Å²) in [5, 5.41) is 0. The minimum Gasteiger partial charge on any atom is -0.370 e. The van der Waals surface area contributed by atoms with E-state index in [1.807, 2.05) is 0 Å². The van der Waals surface area contributed by atoms with Crippen LogP contribution in [0.4, 0.5) is 0 Å². The van der Waals surface area contributed by atoms with Crippen molar-refractivity contribution in [1.82, 2.24) is 0 Å². The van der Waals surface area contributed by atoms with Crippen molar-refractivity contribution in [2.24, 2.45) is 5.92 Å². The van der Waals surface area contributed by atoms with Gasteiger partial charge in [-0.3, -0.25) is 0 Å². The molecule has 11 heavy (non-hydrogen) atoms. The van der Waals surface area contributed by atoms with Crippen molar-refractivity contribution in [2.75, 3.05) is 26.4 Å². The molecule has 0 bridgehead atoms. The fraction of sp³-hybridized carbons (Fsp3) is 0.875. The molecule has 1 spiro atoms. The second-order valence-corrected chi connectivity index (χ2v) is 3.13. The molecule has 0 aliphatic carbocycles. The van der Waals surface area contributed by atoms with Gasteiger partial charge in [-0.15, -0.1) is 0 Å². The van der Waals surface area contributed by atoms with Gasteiger partial charge in [0.05, 0.1) is 13.2 Å². The molecule has 2 radical (unpaired) electrons. The van der Waals surface area contributed by atoms with Gasteiger partial charge in [0.15, 0.2) is 0 Å². The zero-order valence-corrected chi connectivity index (χ0v) is 6.41. The van der Waals surface area contributed by atoms with Gasteiger partial charge in [-0.2, -0.15) is 0 Å². The summed E-state index contributed by atoms with van der Waals surface area (Å²) in [5.41, 5.74) is 0. The van der Waals surface area contributed by atoms with E-state index in [1.165, 1.54) is 0 Å². The third-order valence-electron chi connectivity index (χ3n) is 2.14. The molecular formula is C8H12O3. The van der Waals surface area contributed by atoms with E-state index in [-0.39, 0.29) is 0 Å². The molecule has 0 saturated carbocycles. The first-order valence-corrected chi connectivity index (χ1v) is 3.90. The molecule has 2 rings (SSSR count). The Kier molecular flexibility index (Phi) is 1.87. The molecule has 2 saturated heterocycles. The summed E-state index contributed by atoms with van der Waals surface area (Å²) >= 11 is 0. The van der Waals surface area contributed by atoms with Crippen LogP contribution in [0.3, 0.4) is 0 Å². The molecule has 2 heterocycles. The SMILES string of the molecule is [CH]CC1COC2(COC2)OC1. The van der Waals surface area contributed by atoms with E-state index in [0.29, 0.717) is 38.8 Å². The van der Waals surface area contributed by atoms with Crippen LogP contribution in [0.5, 0.6) is 0 Å². The highest BCUT2D eigenvalue weighted by Crippen LogP contribution is 2.29. The largest absolute Gasteiger partial charge is 0.370 e. The predicted molar refractivity (Wildman–Crippen MR) is 37.9 cm³/mol. The van der Waals surface area contributed by atoms with Crippen molar-refractivity contribution < 1.29 is 14.2 Å². The lowest BCUT2D eigenvalue weighted by Gasteiger charge is -2.45. The van der Waals surface area contributed by atoms with E-state index in [9.17, 15) is 0 Å². The predicted octanol–water partition coefficient (Wildman–Crippen LogP) is 0.477. The van der Waals surface area contributed by atoms with E-state index < -0.39 is 5.79 Å². The second-order valence-electron chi connectivity index (χ2n) is 3.13. The van der Waals surface area contributed by atoms with E-state index in [2.05, 4.69) is 0 Å². The minimum atomic E-state index is -0.397. The molecule has 3 nitrogen and oxygen atoms in total. The Bertz CT molecular complexity index is 132. The van der Waals surface area contributed by atoms with Gasteiger partial charge in [-0.1, -0.05) is 0 Å². The Labute approximate surface area is 66.6 Å². The summed E-state index contributed by atoms with van der Waals surface area (Å²) < 4.78 is 16.0. The van der Waals surface area contributed by atoms with E-state index in [0.717, 1.165) is 0 Å². The summed E-state index contributed by atoms with van der Waals surface area (Å²) in [6.07, 6.45) is 0.636. The Morgan fingerprint density at radius 2 is 1.91 bits per heavy atom. The first-order chi connectivity index (χ1) is 5.35. The van der Waals surface area contributed by atoms with Crippen molar-refractivity contribution in [3.05, 3.63) is 6.92 Å². The molecule has 0 aromatic rings. The quantitative estimate of drug-likeness (QED) is 0.552. The normalized spacial score (nSPS) is 30.3. The molecule has 3 heteroatoms. The van der Waals surface area contributed by atoms with Crippen LogP contribution in [0.25, 0.3) is 0 Å². The second kappa shape index (κ2) is 2.73. The van der Waals surface area contributed by atoms with Crippen molar-refractivity contribution in [1.29, 1.82) is 0 Å². The molecule has 0 amide bonds. The molecular weight excluding hydrogens is 144 g/mol. The Hall–Kier alpha value is -0.120. The topological polar surface area (TPSA) is 27.7 Å². The van der Waals surface area contributed by atoms with Crippen molar-refractivity contribution >= 4 is 0 Å². The van der Waals surface area contributed by atoms with Crippen LogP contribution < -0.4 is 0 Å². The van der Waals surface area contributed by atoms with Gasteiger partial charge in [0, 0.05) is 5.92 Å². The molecule has 2 fully saturated rings. The molecule has 0 aromatic carbocycles. The summed E-state index contributed by atoms with van der Waals surface area (Å²) in [5.74, 6) is -0.0349. The van der Waals surface area contributed by atoms with E-state index in [1.54, 1.807) is 0 Å². The van der Waals surface area contributed by atoms with E-state index in [4.69, 9.17) is 21.1 Å². The third-order valence-corrected chi connectivity index (χ3v) is 2.14. The Morgan fingerprint density at radius 1 is 1.27 bits per heavy atom. The third kappa shape index (κ3) is 1.28. The van der Waals surface area contributed by atoms with E-state index >= 15 is 0 Å². The van der Waals surface area contributed by atoms with Crippen LogP contribution in [-0.4, -0.2) is 32.2 Å². The zero-order chi connectivity index (χ0) is 7.73. The monoisotopic (exact) mass is 156 g/mol. The summed E-state index contributed by atoms with van der Waals surface area (Å²) in [4.78, 5) is 0. The van der Waals surface area contributed by atoms with Gasteiger partial charge >= 0.3 is 0 Å². The highest BCUT2D eigenvalue weighted by Gasteiger charge is 2.44. The average Bonchev–Trinajstić information content (AvgIpc) is 2.02. The van der Waals surface area contributed by atoms with Crippen molar-refractivity contribution in [3.8, 4) is 0 Å². The number of hydrogen-bond acceptors (Lipinski definition) is 3. The average molecular weight is 156 g/mol. The van der Waals surface area contributed by atoms with Gasteiger partial charge in [0.2, 0.25) is 5.79 Å². The smallest absolute Gasteiger partial charge is 0.216 e. The van der Waals surface area contributed by atoms with Gasteiger partial charge in [0.1, 0.15) is 13.2 Å². The van der Waals surface area contributed by atoms with Crippen LogP contribution in [0.2, 0.25) is 0 Å². The lowest BCUT2D eigenvalue weighted by atomic mass is 10.1. The Morgan fingerprint density at radius 3 is 2.27 bits per heavy atom. The zero-order valence-electron chi connectivity index (χ0n) is 6.41. The molecule has 0 atom stereocenters. The number of rotatable bonds is 1. The van der Waals surface area contributed by atoms with Gasteiger partial charge < -0.3 is 14.2 Å². The lowest BCUT2D eigenvalue weighted by Crippen LogP contribution is -2.58. The van der Waals surface area contributed by atoms with Gasteiger partial charge in [-0.25, -0.2) is 0 Å². The van der Waals surface area contributed by atoms with Gasteiger partial charge in [0.25, 0.3) is 0 Å². The first kappa shape index (κ1) is 7.53. The fourth-order valence-corrected chi connectivity index (χ4v) is 1.20. The highest BCUT2D eigenvalue weighted by molar-refractivity contribution is 4.81. The lowest BCUT2D eigenvalue weighted by molar-refractivity contribution is -0.370. The molecule has 0 aromatic heterocycles. The summed E-state index contributed by atoms with van der Waals surface area (Å²) in [6.45, 7) is 8.02. The fourth-order valence-electron chi connectivity index (χ4n) is 1.20. The van der Waals surface area contributed by atoms with Gasteiger partial charge in [-0.05, 0) is 13.3 Å². The standard InChI is InChI=1S/C8H12O3/c1-2-7-3-10-8(11-4-7)5-9-6-8/h1,7H,2-6H2. The maximum Gasteiger partial charge on any atom is 0.216 e. The van der Waals surface area contributed by atoms with Crippen LogP contribution >= 0.6 is 0 Å². The number of ether oxygens (including phenoxy) is 3. The maximum atomic E-state index is 5.48. The van der Waals surface area contributed by atoms with Crippen LogP contribution in [0.15, 0.2) is 0 Å². The minimum absolute atomic E-state index is 0.362. The molecule has 2 aliphatic heterocycles. The van der Waals surface area contributed by atoms with Crippen LogP contribution in [-0.2, 0) is 14.2 Å². The highest BCUT2D eigenvalue weighted by atomic mass is 16.8. The van der Waals surface area contributed by atoms with Crippen molar-refractivity contribution in [3.63, 3.8) is 0 Å². The summed E-state index contributed by atoms with van der Waals surface area (Å²) in [7, 11) is 0. The van der Waals surface area contributed by atoms with Crippen LogP contribution in [0, 0.1) is 12.8 Å². The molecule has 62 valence electrons. The first-order valence-electron chi connectivity index (χ1n) is 3.90. The molecule has 0 N–H and O–H groups in total. The summed E-state index contributed by atoms with van der Waals surface area (Å²) in [6, 6.07) is 0.